The number of ether oxygens (including phenoxy) is 4. The van der Waals surface area contributed by atoms with Crippen molar-refractivity contribution < 1.29 is 38.1 Å². The topological polar surface area (TPSA) is 105 Å². The third-order valence-electron chi connectivity index (χ3n) is 10.5. The molecule has 0 N–H and O–H groups in total. The summed E-state index contributed by atoms with van der Waals surface area (Å²) in [6.45, 7) is 0. The first-order valence-corrected chi connectivity index (χ1v) is 17.3. The van der Waals surface area contributed by atoms with Gasteiger partial charge in [0.05, 0.1) is 23.7 Å². The van der Waals surface area contributed by atoms with Crippen molar-refractivity contribution in [1.29, 1.82) is 0 Å². The molecule has 0 bridgehead atoms. The fourth-order valence-electron chi connectivity index (χ4n) is 7.98. The van der Waals surface area contributed by atoms with Gasteiger partial charge in [-0.05, 0) is 116 Å². The van der Waals surface area contributed by atoms with Crippen molar-refractivity contribution in [2.24, 2.45) is 23.7 Å². The van der Waals surface area contributed by atoms with Crippen LogP contribution in [-0.2, 0) is 38.1 Å². The van der Waals surface area contributed by atoms with Crippen LogP contribution in [0.2, 0.25) is 0 Å². The molecule has 42 heavy (non-hydrogen) atoms. The van der Waals surface area contributed by atoms with Crippen molar-refractivity contribution in [3.8, 4) is 0 Å². The minimum Gasteiger partial charge on any atom is -0.462 e. The van der Waals surface area contributed by atoms with Crippen LogP contribution in [-0.4, -0.2) is 48.3 Å². The molecule has 0 spiro atoms. The first-order chi connectivity index (χ1) is 20.5. The van der Waals surface area contributed by atoms with Gasteiger partial charge in [-0.15, -0.1) is 0 Å². The lowest BCUT2D eigenvalue weighted by molar-refractivity contribution is -0.183. The Labute approximate surface area is 251 Å². The lowest BCUT2D eigenvalue weighted by atomic mass is 9.67. The van der Waals surface area contributed by atoms with Gasteiger partial charge in [0.1, 0.15) is 24.4 Å². The van der Waals surface area contributed by atoms with Gasteiger partial charge in [-0.2, -0.15) is 0 Å². The van der Waals surface area contributed by atoms with Gasteiger partial charge in [0.15, 0.2) is 0 Å². The van der Waals surface area contributed by atoms with Crippen LogP contribution < -0.4 is 0 Å². The smallest absolute Gasteiger partial charge is 0.310 e. The van der Waals surface area contributed by atoms with E-state index in [-0.39, 0.29) is 37.3 Å². The summed E-state index contributed by atoms with van der Waals surface area (Å²) in [5.41, 5.74) is 0. The van der Waals surface area contributed by atoms with Gasteiger partial charge in [0.2, 0.25) is 0 Å². The van der Waals surface area contributed by atoms with Crippen LogP contribution in [0.4, 0.5) is 0 Å². The van der Waals surface area contributed by atoms with Crippen molar-refractivity contribution in [1.82, 2.24) is 0 Å². The predicted molar refractivity (Wildman–Crippen MR) is 155 cm³/mol. The van der Waals surface area contributed by atoms with E-state index in [2.05, 4.69) is 0 Å². The molecule has 0 aliphatic heterocycles. The summed E-state index contributed by atoms with van der Waals surface area (Å²) in [6.07, 6.45) is 18.6. The van der Waals surface area contributed by atoms with Crippen LogP contribution in [0.1, 0.15) is 141 Å². The molecule has 5 fully saturated rings. The number of hydrogen-bond donors (Lipinski definition) is 0. The van der Waals surface area contributed by atoms with Crippen molar-refractivity contribution in [3.63, 3.8) is 0 Å². The molecular weight excluding hydrogens is 536 g/mol. The molecule has 5 aliphatic carbocycles. The quantitative estimate of drug-likeness (QED) is 0.227. The lowest BCUT2D eigenvalue weighted by Crippen LogP contribution is -2.48. The third kappa shape index (κ3) is 8.49. The molecular formula is C34H52O8. The normalized spacial score (nSPS) is 30.7. The summed E-state index contributed by atoms with van der Waals surface area (Å²) in [7, 11) is 0. The van der Waals surface area contributed by atoms with Crippen LogP contribution in [0, 0.1) is 23.7 Å². The van der Waals surface area contributed by atoms with Gasteiger partial charge < -0.3 is 18.9 Å². The van der Waals surface area contributed by atoms with Crippen LogP contribution in [0.5, 0.6) is 0 Å². The highest BCUT2D eigenvalue weighted by Crippen LogP contribution is 2.43. The Kier molecular flexibility index (Phi) is 11.6. The standard InChI is InChI=1S/C34H52O8/c35-31(39-23-13-5-1-6-14-23)27-21-29(33(37)41-25-17-9-3-10-18-25)30(34(38)42-26-19-11-4-12-20-26)22-28(27)32(36)40-24-15-7-2-8-16-24/h23-30H,1-22H2. The Bertz CT molecular complexity index is 763. The van der Waals surface area contributed by atoms with Gasteiger partial charge >= 0.3 is 23.9 Å². The fourth-order valence-corrected chi connectivity index (χ4v) is 7.98. The van der Waals surface area contributed by atoms with E-state index in [0.717, 1.165) is 128 Å². The molecule has 0 heterocycles. The Morgan fingerprint density at radius 2 is 0.500 bits per heavy atom. The summed E-state index contributed by atoms with van der Waals surface area (Å²) in [6, 6.07) is 0. The Hall–Kier alpha value is -2.12. The van der Waals surface area contributed by atoms with E-state index in [1.54, 1.807) is 0 Å². The lowest BCUT2D eigenvalue weighted by Gasteiger charge is -2.39. The molecule has 5 saturated carbocycles. The largest absolute Gasteiger partial charge is 0.462 e. The van der Waals surface area contributed by atoms with Crippen molar-refractivity contribution in [2.75, 3.05) is 0 Å². The van der Waals surface area contributed by atoms with E-state index in [9.17, 15) is 19.2 Å². The molecule has 0 aromatic rings. The monoisotopic (exact) mass is 588 g/mol. The van der Waals surface area contributed by atoms with E-state index in [1.807, 2.05) is 0 Å². The number of esters is 4. The molecule has 5 aliphatic rings. The fraction of sp³-hybridized carbons (Fsp3) is 0.882. The highest BCUT2D eigenvalue weighted by molar-refractivity contribution is 5.88. The Morgan fingerprint density at radius 3 is 0.690 bits per heavy atom. The van der Waals surface area contributed by atoms with Gasteiger partial charge in [0, 0.05) is 0 Å². The van der Waals surface area contributed by atoms with Crippen LogP contribution in [0.15, 0.2) is 0 Å². The summed E-state index contributed by atoms with van der Waals surface area (Å²) in [5, 5.41) is 0. The summed E-state index contributed by atoms with van der Waals surface area (Å²) in [5.74, 6) is -5.14. The van der Waals surface area contributed by atoms with E-state index in [0.29, 0.717) is 0 Å². The van der Waals surface area contributed by atoms with Crippen LogP contribution >= 0.6 is 0 Å². The predicted octanol–water partition coefficient (Wildman–Crippen LogP) is 6.75. The molecule has 0 amide bonds. The molecule has 4 atom stereocenters. The molecule has 0 saturated heterocycles. The van der Waals surface area contributed by atoms with Crippen molar-refractivity contribution in [3.05, 3.63) is 0 Å². The highest BCUT2D eigenvalue weighted by atomic mass is 16.6. The molecule has 4 unspecified atom stereocenters. The van der Waals surface area contributed by atoms with Gasteiger partial charge in [-0.25, -0.2) is 0 Å². The Balaban J connectivity index is 1.36. The summed E-state index contributed by atoms with van der Waals surface area (Å²) >= 11 is 0. The maximum atomic E-state index is 13.7. The van der Waals surface area contributed by atoms with E-state index < -0.39 is 47.5 Å². The van der Waals surface area contributed by atoms with Crippen LogP contribution in [0.3, 0.4) is 0 Å². The molecule has 8 heteroatoms. The number of carbonyl (C=O) groups excluding carboxylic acids is 4. The zero-order valence-electron chi connectivity index (χ0n) is 25.4. The number of carbonyl (C=O) groups is 4. The molecule has 236 valence electrons. The second-order valence-corrected chi connectivity index (χ2v) is 13.7. The van der Waals surface area contributed by atoms with E-state index in [4.69, 9.17) is 18.9 Å². The van der Waals surface area contributed by atoms with E-state index >= 15 is 0 Å². The average Bonchev–Trinajstić information content (AvgIpc) is 3.02. The zero-order valence-corrected chi connectivity index (χ0v) is 25.4. The minimum atomic E-state index is -0.842. The van der Waals surface area contributed by atoms with Crippen molar-refractivity contribution in [2.45, 2.75) is 166 Å². The van der Waals surface area contributed by atoms with Crippen molar-refractivity contribution >= 4 is 23.9 Å². The molecule has 0 radical (unpaired) electrons. The second kappa shape index (κ2) is 15.6. The first kappa shape index (κ1) is 31.3. The molecule has 5 rings (SSSR count). The maximum absolute atomic E-state index is 13.7. The molecule has 0 aromatic heterocycles. The summed E-state index contributed by atoms with van der Waals surface area (Å²) in [4.78, 5) is 54.9. The number of hydrogen-bond acceptors (Lipinski definition) is 8. The SMILES string of the molecule is O=C(OC1CCCCC1)C1CC(C(=O)OC2CCCCC2)C(C(=O)OC2CCCCC2)CC1C(=O)OC1CCCCC1. The summed E-state index contributed by atoms with van der Waals surface area (Å²) < 4.78 is 23.9. The minimum absolute atomic E-state index is 0.0476. The maximum Gasteiger partial charge on any atom is 0.310 e. The third-order valence-corrected chi connectivity index (χ3v) is 10.5. The zero-order chi connectivity index (χ0) is 29.3. The Morgan fingerprint density at radius 1 is 0.310 bits per heavy atom. The first-order valence-electron chi connectivity index (χ1n) is 17.3. The van der Waals surface area contributed by atoms with Gasteiger partial charge in [-0.3, -0.25) is 19.2 Å². The van der Waals surface area contributed by atoms with E-state index in [1.165, 1.54) is 0 Å². The van der Waals surface area contributed by atoms with Crippen LogP contribution in [0.25, 0.3) is 0 Å². The molecule has 0 aromatic carbocycles. The second-order valence-electron chi connectivity index (χ2n) is 13.7. The van der Waals surface area contributed by atoms with Gasteiger partial charge in [-0.1, -0.05) is 25.7 Å². The molecule has 8 nitrogen and oxygen atoms in total. The highest BCUT2D eigenvalue weighted by Gasteiger charge is 2.52. The number of rotatable bonds is 8. The average molecular weight is 589 g/mol. The van der Waals surface area contributed by atoms with Gasteiger partial charge in [0.25, 0.3) is 0 Å².